The number of nitrogens with one attached hydrogen (secondary N) is 5. The van der Waals surface area contributed by atoms with E-state index in [4.69, 9.17) is 21.6 Å². The molecule has 7 atom stereocenters. The minimum atomic E-state index is -1.24. The normalized spacial score (nSPS) is 24.7. The highest BCUT2D eigenvalue weighted by atomic mass is 16.5. The summed E-state index contributed by atoms with van der Waals surface area (Å²) in [5, 5.41) is 18.2. The summed E-state index contributed by atoms with van der Waals surface area (Å²) in [5.41, 5.74) is 11.4. The average Bonchev–Trinajstić information content (AvgIpc) is 3.13. The van der Waals surface area contributed by atoms with Gasteiger partial charge in [-0.3, -0.25) is 34.2 Å². The Balaban J connectivity index is 3.53. The number of carbonyl (C=O) groups excluding carboxylic acids is 6. The van der Waals surface area contributed by atoms with Gasteiger partial charge in [-0.1, -0.05) is 99.3 Å². The van der Waals surface area contributed by atoms with Crippen molar-refractivity contribution in [3.63, 3.8) is 0 Å². The maximum Gasteiger partial charge on any atom is 0.325 e. The van der Waals surface area contributed by atoms with Gasteiger partial charge in [0.1, 0.15) is 36.8 Å². The van der Waals surface area contributed by atoms with Gasteiger partial charge >= 0.3 is 5.97 Å². The number of hydrogen-bond acceptors (Lipinski definition) is 9. The molecule has 15 heteroatoms. The molecule has 1 saturated heterocycles. The van der Waals surface area contributed by atoms with Crippen LogP contribution in [0.25, 0.3) is 0 Å². The molecule has 1 aliphatic rings. The van der Waals surface area contributed by atoms with Crippen molar-refractivity contribution in [2.45, 2.75) is 168 Å². The molecule has 9 N–H and O–H groups in total. The van der Waals surface area contributed by atoms with Crippen molar-refractivity contribution in [1.82, 2.24) is 26.2 Å². The van der Waals surface area contributed by atoms with E-state index < -0.39 is 72.3 Å². The van der Waals surface area contributed by atoms with Crippen molar-refractivity contribution >= 4 is 41.3 Å². The number of nitrogens with zero attached hydrogens (tertiary/aromatic N) is 1. The van der Waals surface area contributed by atoms with E-state index in [0.717, 1.165) is 32.1 Å². The van der Waals surface area contributed by atoms with Gasteiger partial charge in [-0.25, -0.2) is 0 Å². The van der Waals surface area contributed by atoms with Crippen LogP contribution in [-0.4, -0.2) is 96.6 Å². The summed E-state index contributed by atoms with van der Waals surface area (Å²) < 4.78 is 5.89. The zero-order valence-corrected chi connectivity index (χ0v) is 34.1. The number of esters is 1. The fraction of sp³-hybridized carbons (Fsp3) is 0.821. The summed E-state index contributed by atoms with van der Waals surface area (Å²) in [6.45, 7) is 10.6. The van der Waals surface area contributed by atoms with Crippen LogP contribution in [0.5, 0.6) is 0 Å². The molecular weight excluding hydrogens is 692 g/mol. The number of hydrogen-bond donors (Lipinski definition) is 7. The molecule has 0 aromatic heterocycles. The number of cyclic esters (lactones) is 1. The summed E-state index contributed by atoms with van der Waals surface area (Å²) in [6, 6.07) is -4.33. The lowest BCUT2D eigenvalue weighted by Gasteiger charge is -2.34. The van der Waals surface area contributed by atoms with Gasteiger partial charge in [0, 0.05) is 20.0 Å². The second kappa shape index (κ2) is 26.1. The largest absolute Gasteiger partial charge is 0.460 e. The lowest BCUT2D eigenvalue weighted by atomic mass is 9.94. The molecule has 1 fully saturated rings. The predicted molar refractivity (Wildman–Crippen MR) is 210 cm³/mol. The van der Waals surface area contributed by atoms with E-state index >= 15 is 0 Å². The van der Waals surface area contributed by atoms with E-state index in [9.17, 15) is 28.8 Å². The smallest absolute Gasteiger partial charge is 0.325 e. The second-order valence-corrected chi connectivity index (χ2v) is 15.4. The van der Waals surface area contributed by atoms with E-state index in [1.54, 1.807) is 20.9 Å². The molecule has 1 heterocycles. The molecule has 0 aromatic rings. The second-order valence-electron chi connectivity index (χ2n) is 15.4. The molecule has 0 aromatic carbocycles. The van der Waals surface area contributed by atoms with Gasteiger partial charge in [0.15, 0.2) is 0 Å². The molecule has 1 rings (SSSR count). The molecule has 5 amide bonds. The first kappa shape index (κ1) is 48.3. The Hall–Kier alpha value is -3.75. The number of carbonyl (C=O) groups is 6. The van der Waals surface area contributed by atoms with Gasteiger partial charge in [-0.15, -0.1) is 0 Å². The summed E-state index contributed by atoms with van der Waals surface area (Å²) >= 11 is 0. The van der Waals surface area contributed by atoms with Crippen LogP contribution >= 0.6 is 0 Å². The maximum absolute atomic E-state index is 14.1. The number of unbranched alkanes of at least 4 members (excludes halogenated alkanes) is 8. The van der Waals surface area contributed by atoms with Gasteiger partial charge in [0.25, 0.3) is 0 Å². The zero-order valence-electron chi connectivity index (χ0n) is 34.1. The quantitative estimate of drug-likeness (QED) is 0.0442. The Bertz CT molecular complexity index is 1220. The van der Waals surface area contributed by atoms with E-state index in [2.05, 4.69) is 28.2 Å². The Morgan fingerprint density at radius 2 is 1.41 bits per heavy atom. The van der Waals surface area contributed by atoms with Crippen molar-refractivity contribution in [3.8, 4) is 0 Å². The monoisotopic (exact) mass is 765 g/mol. The Labute approximate surface area is 323 Å². The van der Waals surface area contributed by atoms with Crippen LogP contribution in [0, 0.1) is 23.2 Å². The molecule has 310 valence electrons. The highest BCUT2D eigenvalue weighted by Gasteiger charge is 2.38. The molecule has 0 bridgehead atoms. The first-order chi connectivity index (χ1) is 25.6. The van der Waals surface area contributed by atoms with Crippen LogP contribution in [0.15, 0.2) is 0 Å². The summed E-state index contributed by atoms with van der Waals surface area (Å²) in [6.07, 6.45) is 10.3. The first-order valence-electron chi connectivity index (χ1n) is 20.3. The number of amides is 5. The third-order valence-electron chi connectivity index (χ3n) is 10.3. The van der Waals surface area contributed by atoms with Crippen molar-refractivity contribution in [1.29, 1.82) is 5.41 Å². The number of ether oxygens (including phenoxy) is 1. The molecular formula is C39H72N8O7. The van der Waals surface area contributed by atoms with Gasteiger partial charge in [0.2, 0.25) is 29.5 Å². The van der Waals surface area contributed by atoms with E-state index in [1.165, 1.54) is 24.2 Å². The van der Waals surface area contributed by atoms with Gasteiger partial charge in [-0.2, -0.15) is 0 Å². The van der Waals surface area contributed by atoms with Crippen LogP contribution in [0.3, 0.4) is 0 Å². The van der Waals surface area contributed by atoms with Gasteiger partial charge in [0.05, 0.1) is 11.8 Å². The highest BCUT2D eigenvalue weighted by Crippen LogP contribution is 2.22. The number of likely N-dealkylation sites (N-methyl/N-ethyl adjacent to an activating group) is 1. The standard InChI is InChI=1S/C39H72N8O7/c1-8-10-11-12-13-14-15-16-20-31-27(6)39(53)47(7)30(22-25(3)4)37(51)46-34(26(5)9-2)38(52)45-29(23-40)36(50)44-28(19-17-18-21-32(41)42)35(49)43-24-33(48)54-31/h25-31,34H,8-24,40H2,1-7H3,(H3,41,42)(H,43,49)(H,44,50)(H,45,52)(H,46,51)/t26-,27+,28-,29-,30-,31+,34-/m0/s1. The predicted octanol–water partition coefficient (Wildman–Crippen LogP) is 3.02. The van der Waals surface area contributed by atoms with Crippen molar-refractivity contribution < 1.29 is 33.5 Å². The zero-order chi connectivity index (χ0) is 40.8. The lowest BCUT2D eigenvalue weighted by molar-refractivity contribution is -0.157. The highest BCUT2D eigenvalue weighted by molar-refractivity contribution is 5.96. The molecule has 1 aliphatic heterocycles. The molecule has 0 radical (unpaired) electrons. The Morgan fingerprint density at radius 1 is 0.815 bits per heavy atom. The van der Waals surface area contributed by atoms with Crippen LogP contribution in [0.4, 0.5) is 0 Å². The molecule has 0 saturated carbocycles. The van der Waals surface area contributed by atoms with Crippen LogP contribution in [0.2, 0.25) is 0 Å². The Kier molecular flexibility index (Phi) is 23.4. The minimum Gasteiger partial charge on any atom is -0.460 e. The molecule has 15 nitrogen and oxygen atoms in total. The van der Waals surface area contributed by atoms with Crippen LogP contribution in [0.1, 0.15) is 138 Å². The first-order valence-corrected chi connectivity index (χ1v) is 20.3. The number of rotatable bonds is 19. The van der Waals surface area contributed by atoms with Gasteiger partial charge < -0.3 is 42.4 Å². The fourth-order valence-corrected chi connectivity index (χ4v) is 6.55. The van der Waals surface area contributed by atoms with Crippen molar-refractivity contribution in [2.24, 2.45) is 29.2 Å². The average molecular weight is 765 g/mol. The third-order valence-corrected chi connectivity index (χ3v) is 10.3. The Morgan fingerprint density at radius 3 is 1.98 bits per heavy atom. The minimum absolute atomic E-state index is 0.00318. The van der Waals surface area contributed by atoms with E-state index in [-0.39, 0.29) is 36.5 Å². The maximum atomic E-state index is 14.1. The topological polar surface area (TPSA) is 239 Å². The van der Waals surface area contributed by atoms with Gasteiger partial charge in [-0.05, 0) is 43.9 Å². The molecule has 0 aliphatic carbocycles. The van der Waals surface area contributed by atoms with Crippen molar-refractivity contribution in [2.75, 3.05) is 20.1 Å². The molecule has 0 unspecified atom stereocenters. The number of amidine groups is 1. The summed E-state index contributed by atoms with van der Waals surface area (Å²) in [5.74, 6) is -4.78. The van der Waals surface area contributed by atoms with Crippen LogP contribution in [-0.2, 0) is 33.5 Å². The molecule has 54 heavy (non-hydrogen) atoms. The third kappa shape index (κ3) is 17.6. The SMILES string of the molecule is CCCCCCCCCC[C@H]1OC(=O)CNC(=O)[C@H](CCCCC(=N)N)NC(=O)[C@H](CN)NC(=O)[C@H]([C@@H](C)CC)NC(=O)[C@H](CC(C)C)N(C)C(=O)[C@@H]1C. The number of nitrogens with two attached hydrogens (primary N) is 2. The van der Waals surface area contributed by atoms with Crippen LogP contribution < -0.4 is 32.7 Å². The van der Waals surface area contributed by atoms with E-state index in [1.807, 2.05) is 20.8 Å². The molecule has 0 spiro atoms. The van der Waals surface area contributed by atoms with E-state index in [0.29, 0.717) is 38.5 Å². The lowest BCUT2D eigenvalue weighted by Crippen LogP contribution is -2.61. The van der Waals surface area contributed by atoms with Crippen molar-refractivity contribution in [3.05, 3.63) is 0 Å². The fourth-order valence-electron chi connectivity index (χ4n) is 6.55. The summed E-state index contributed by atoms with van der Waals surface area (Å²) in [4.78, 5) is 83.4. The summed E-state index contributed by atoms with van der Waals surface area (Å²) in [7, 11) is 1.55.